The Morgan fingerprint density at radius 2 is 2.07 bits per heavy atom. The third-order valence-electron chi connectivity index (χ3n) is 5.79. The summed E-state index contributed by atoms with van der Waals surface area (Å²) < 4.78 is 5.97. The normalized spacial score (nSPS) is 19.6. The topological polar surface area (TPSA) is 78.9 Å². The molecule has 2 amide bonds. The molecule has 28 heavy (non-hydrogen) atoms. The molecule has 3 rings (SSSR count). The van der Waals surface area contributed by atoms with E-state index >= 15 is 0 Å². The quantitative estimate of drug-likeness (QED) is 0.669. The Balaban J connectivity index is 1.52. The molecular formula is C22H32N2O4. The number of ether oxygens (including phenoxy) is 1. The summed E-state index contributed by atoms with van der Waals surface area (Å²) in [4.78, 5) is 26.3. The summed E-state index contributed by atoms with van der Waals surface area (Å²) in [5.74, 6) is 1.06. The Hall–Kier alpha value is -2.08. The maximum atomic E-state index is 12.7. The second-order valence-corrected chi connectivity index (χ2v) is 7.93. The summed E-state index contributed by atoms with van der Waals surface area (Å²) in [6, 6.07) is 5.98. The second kappa shape index (κ2) is 9.92. The SMILES string of the molecule is CC1CC(=O)Nc2cccc(OCCCC(=O)N(CCO)C3CCCCC3)c21. The maximum absolute atomic E-state index is 12.7. The highest BCUT2D eigenvalue weighted by Crippen LogP contribution is 2.38. The first kappa shape index (κ1) is 20.6. The zero-order valence-electron chi connectivity index (χ0n) is 16.8. The molecule has 1 saturated carbocycles. The van der Waals surface area contributed by atoms with Crippen molar-refractivity contribution in [3.8, 4) is 5.75 Å². The number of carbonyl (C=O) groups excluding carboxylic acids is 2. The van der Waals surface area contributed by atoms with E-state index in [1.165, 1.54) is 6.42 Å². The summed E-state index contributed by atoms with van der Waals surface area (Å²) in [5, 5.41) is 12.2. The molecule has 0 radical (unpaired) electrons. The fraction of sp³-hybridized carbons (Fsp3) is 0.636. The molecule has 1 unspecified atom stereocenters. The van der Waals surface area contributed by atoms with E-state index in [-0.39, 0.29) is 30.4 Å². The minimum Gasteiger partial charge on any atom is -0.493 e. The molecule has 1 heterocycles. The minimum atomic E-state index is 0.0124. The lowest BCUT2D eigenvalue weighted by Crippen LogP contribution is -2.43. The van der Waals surface area contributed by atoms with Crippen LogP contribution in [0.25, 0.3) is 0 Å². The molecule has 2 N–H and O–H groups in total. The zero-order valence-corrected chi connectivity index (χ0v) is 16.8. The summed E-state index contributed by atoms with van der Waals surface area (Å²) >= 11 is 0. The van der Waals surface area contributed by atoms with Crippen molar-refractivity contribution >= 4 is 17.5 Å². The maximum Gasteiger partial charge on any atom is 0.224 e. The highest BCUT2D eigenvalue weighted by molar-refractivity contribution is 5.95. The first-order chi connectivity index (χ1) is 13.6. The van der Waals surface area contributed by atoms with Crippen LogP contribution >= 0.6 is 0 Å². The van der Waals surface area contributed by atoms with Gasteiger partial charge in [-0.05, 0) is 37.3 Å². The molecule has 1 aromatic carbocycles. The van der Waals surface area contributed by atoms with Crippen LogP contribution in [0.15, 0.2) is 18.2 Å². The fourth-order valence-corrected chi connectivity index (χ4v) is 4.43. The van der Waals surface area contributed by atoms with Gasteiger partial charge >= 0.3 is 0 Å². The standard InChI is InChI=1S/C22H32N2O4/c1-16-15-20(26)23-18-9-5-10-19(22(16)18)28-14-6-11-21(27)24(12-13-25)17-7-3-2-4-8-17/h5,9-10,16-17,25H,2-4,6-8,11-15H2,1H3,(H,23,26). The number of aliphatic hydroxyl groups excluding tert-OH is 1. The van der Waals surface area contributed by atoms with Crippen molar-refractivity contribution in [1.82, 2.24) is 4.90 Å². The zero-order chi connectivity index (χ0) is 19.9. The van der Waals surface area contributed by atoms with E-state index in [9.17, 15) is 14.7 Å². The first-order valence-electron chi connectivity index (χ1n) is 10.6. The Morgan fingerprint density at radius 3 is 2.82 bits per heavy atom. The van der Waals surface area contributed by atoms with Crippen LogP contribution in [0.4, 0.5) is 5.69 Å². The molecule has 1 fully saturated rings. The van der Waals surface area contributed by atoms with Crippen molar-refractivity contribution in [1.29, 1.82) is 0 Å². The molecule has 1 aliphatic heterocycles. The number of carbonyl (C=O) groups is 2. The van der Waals surface area contributed by atoms with Crippen molar-refractivity contribution in [2.24, 2.45) is 0 Å². The van der Waals surface area contributed by atoms with E-state index in [0.717, 1.165) is 42.7 Å². The van der Waals surface area contributed by atoms with Gasteiger partial charge in [0.2, 0.25) is 11.8 Å². The van der Waals surface area contributed by atoms with Gasteiger partial charge in [-0.1, -0.05) is 32.3 Å². The van der Waals surface area contributed by atoms with Gasteiger partial charge in [-0.15, -0.1) is 0 Å². The van der Waals surface area contributed by atoms with Crippen molar-refractivity contribution in [2.75, 3.05) is 25.1 Å². The lowest BCUT2D eigenvalue weighted by molar-refractivity contribution is -0.135. The van der Waals surface area contributed by atoms with E-state index in [2.05, 4.69) is 5.32 Å². The monoisotopic (exact) mass is 388 g/mol. The lowest BCUT2D eigenvalue weighted by atomic mass is 9.91. The molecule has 6 nitrogen and oxygen atoms in total. The number of anilines is 1. The highest BCUT2D eigenvalue weighted by atomic mass is 16.5. The van der Waals surface area contributed by atoms with Gasteiger partial charge in [0.1, 0.15) is 5.75 Å². The summed E-state index contributed by atoms with van der Waals surface area (Å²) in [7, 11) is 0. The third kappa shape index (κ3) is 5.04. The predicted octanol–water partition coefficient (Wildman–Crippen LogP) is 3.44. The minimum absolute atomic E-state index is 0.0124. The van der Waals surface area contributed by atoms with Crippen LogP contribution in [0.1, 0.15) is 69.8 Å². The van der Waals surface area contributed by atoms with Crippen LogP contribution < -0.4 is 10.1 Å². The van der Waals surface area contributed by atoms with Gasteiger partial charge in [0.05, 0.1) is 13.2 Å². The number of aliphatic hydroxyl groups is 1. The van der Waals surface area contributed by atoms with Gasteiger partial charge in [-0.25, -0.2) is 0 Å². The van der Waals surface area contributed by atoms with E-state index in [0.29, 0.717) is 32.4 Å². The molecule has 6 heteroatoms. The molecule has 1 aromatic rings. The molecular weight excluding hydrogens is 356 g/mol. The van der Waals surface area contributed by atoms with Gasteiger partial charge in [0.25, 0.3) is 0 Å². The number of nitrogens with one attached hydrogen (secondary N) is 1. The first-order valence-corrected chi connectivity index (χ1v) is 10.6. The molecule has 0 aromatic heterocycles. The number of rotatable bonds is 8. The summed E-state index contributed by atoms with van der Waals surface area (Å²) in [6.45, 7) is 2.93. The second-order valence-electron chi connectivity index (χ2n) is 7.93. The smallest absolute Gasteiger partial charge is 0.224 e. The van der Waals surface area contributed by atoms with Gasteiger partial charge in [-0.3, -0.25) is 9.59 Å². The van der Waals surface area contributed by atoms with Crippen LogP contribution in [-0.4, -0.2) is 47.6 Å². The Kier molecular flexibility index (Phi) is 7.31. The number of fused-ring (bicyclic) bond motifs is 1. The molecule has 1 aliphatic carbocycles. The highest BCUT2D eigenvalue weighted by Gasteiger charge is 2.26. The van der Waals surface area contributed by atoms with Crippen LogP contribution in [0.2, 0.25) is 0 Å². The van der Waals surface area contributed by atoms with E-state index in [4.69, 9.17) is 4.74 Å². The van der Waals surface area contributed by atoms with Crippen LogP contribution in [0.5, 0.6) is 5.75 Å². The third-order valence-corrected chi connectivity index (χ3v) is 5.79. The van der Waals surface area contributed by atoms with Crippen LogP contribution in [0.3, 0.4) is 0 Å². The van der Waals surface area contributed by atoms with Crippen molar-refractivity contribution in [3.05, 3.63) is 23.8 Å². The van der Waals surface area contributed by atoms with Gasteiger partial charge < -0.3 is 20.1 Å². The Labute approximate surface area is 167 Å². The number of hydrogen-bond donors (Lipinski definition) is 2. The average Bonchev–Trinajstić information content (AvgIpc) is 2.69. The van der Waals surface area contributed by atoms with E-state index in [1.807, 2.05) is 30.0 Å². The van der Waals surface area contributed by atoms with E-state index < -0.39 is 0 Å². The molecule has 0 bridgehead atoms. The number of benzene rings is 1. The van der Waals surface area contributed by atoms with Gasteiger partial charge in [0.15, 0.2) is 0 Å². The Morgan fingerprint density at radius 1 is 1.29 bits per heavy atom. The fourth-order valence-electron chi connectivity index (χ4n) is 4.43. The van der Waals surface area contributed by atoms with E-state index in [1.54, 1.807) is 0 Å². The number of amides is 2. The van der Waals surface area contributed by atoms with Crippen molar-refractivity contribution in [2.45, 2.75) is 70.3 Å². The molecule has 0 saturated heterocycles. The summed E-state index contributed by atoms with van der Waals surface area (Å²) in [5.41, 5.74) is 1.86. The number of nitrogens with zero attached hydrogens (tertiary/aromatic N) is 1. The summed E-state index contributed by atoms with van der Waals surface area (Å²) in [6.07, 6.45) is 7.18. The lowest BCUT2D eigenvalue weighted by Gasteiger charge is -2.34. The van der Waals surface area contributed by atoms with Crippen LogP contribution in [-0.2, 0) is 9.59 Å². The van der Waals surface area contributed by atoms with Gasteiger partial charge in [-0.2, -0.15) is 0 Å². The average molecular weight is 389 g/mol. The van der Waals surface area contributed by atoms with Crippen LogP contribution in [0, 0.1) is 0 Å². The Bertz CT molecular complexity index is 685. The number of hydrogen-bond acceptors (Lipinski definition) is 4. The largest absolute Gasteiger partial charge is 0.493 e. The molecule has 1 atom stereocenters. The van der Waals surface area contributed by atoms with Crippen molar-refractivity contribution in [3.63, 3.8) is 0 Å². The molecule has 0 spiro atoms. The predicted molar refractivity (Wildman–Crippen MR) is 109 cm³/mol. The van der Waals surface area contributed by atoms with Gasteiger partial charge in [0, 0.05) is 36.7 Å². The molecule has 154 valence electrons. The van der Waals surface area contributed by atoms with Crippen molar-refractivity contribution < 1.29 is 19.4 Å². The molecule has 2 aliphatic rings.